The smallest absolute Gasteiger partial charge is 0.263 e. The Labute approximate surface area is 110 Å². The summed E-state index contributed by atoms with van der Waals surface area (Å²) in [6, 6.07) is 6.92. The van der Waals surface area contributed by atoms with Gasteiger partial charge in [-0.25, -0.2) is 0 Å². The van der Waals surface area contributed by atoms with E-state index in [1.165, 1.54) is 0 Å². The van der Waals surface area contributed by atoms with E-state index in [4.69, 9.17) is 5.73 Å². The predicted molar refractivity (Wildman–Crippen MR) is 71.4 cm³/mol. The Balaban J connectivity index is 1.96. The average Bonchev–Trinajstić information content (AvgIpc) is 2.87. The van der Waals surface area contributed by atoms with Crippen molar-refractivity contribution in [3.63, 3.8) is 0 Å². The van der Waals surface area contributed by atoms with Crippen molar-refractivity contribution < 1.29 is 9.59 Å². The average molecular weight is 257 g/mol. The molecule has 2 amide bonds. The lowest BCUT2D eigenvalue weighted by atomic mass is 9.83. The Kier molecular flexibility index (Phi) is 2.62. The summed E-state index contributed by atoms with van der Waals surface area (Å²) < 4.78 is 0. The van der Waals surface area contributed by atoms with Gasteiger partial charge in [-0.3, -0.25) is 9.59 Å². The SMILES string of the molecule is Nc1ccc(C2=NC(=O)C3(CCCC3)C(=O)N2)cc1. The maximum Gasteiger partial charge on any atom is 0.263 e. The summed E-state index contributed by atoms with van der Waals surface area (Å²) >= 11 is 0. The highest BCUT2D eigenvalue weighted by Crippen LogP contribution is 2.41. The number of hydrogen-bond acceptors (Lipinski definition) is 3. The van der Waals surface area contributed by atoms with Crippen molar-refractivity contribution in [3.8, 4) is 0 Å². The zero-order valence-electron chi connectivity index (χ0n) is 10.5. The van der Waals surface area contributed by atoms with Gasteiger partial charge in [-0.1, -0.05) is 12.8 Å². The van der Waals surface area contributed by atoms with Crippen LogP contribution in [0.4, 0.5) is 5.69 Å². The van der Waals surface area contributed by atoms with E-state index in [0.29, 0.717) is 29.9 Å². The first-order chi connectivity index (χ1) is 9.12. The topological polar surface area (TPSA) is 84.5 Å². The van der Waals surface area contributed by atoms with Gasteiger partial charge in [-0.2, -0.15) is 4.99 Å². The summed E-state index contributed by atoms with van der Waals surface area (Å²) in [5.41, 5.74) is 6.03. The van der Waals surface area contributed by atoms with Gasteiger partial charge in [0.1, 0.15) is 11.3 Å². The van der Waals surface area contributed by atoms with Crippen LogP contribution < -0.4 is 11.1 Å². The molecular weight excluding hydrogens is 242 g/mol. The number of carbonyl (C=O) groups excluding carboxylic acids is 2. The molecule has 1 aromatic carbocycles. The number of amides is 2. The standard InChI is InChI=1S/C14H15N3O2/c15-10-5-3-9(4-6-10)11-16-12(18)14(13(19)17-11)7-1-2-8-14/h3-6H,1-2,7-8,15H2,(H,16,17,18,19). The largest absolute Gasteiger partial charge is 0.399 e. The van der Waals surface area contributed by atoms with Crippen LogP contribution in [-0.4, -0.2) is 17.6 Å². The van der Waals surface area contributed by atoms with E-state index >= 15 is 0 Å². The molecule has 0 aromatic heterocycles. The van der Waals surface area contributed by atoms with Crippen molar-refractivity contribution in [2.45, 2.75) is 25.7 Å². The van der Waals surface area contributed by atoms with Crippen molar-refractivity contribution in [1.82, 2.24) is 5.32 Å². The molecule has 0 saturated heterocycles. The fourth-order valence-corrected chi connectivity index (χ4v) is 2.76. The summed E-state index contributed by atoms with van der Waals surface area (Å²) in [6.45, 7) is 0. The number of nitrogen functional groups attached to an aromatic ring is 1. The minimum Gasteiger partial charge on any atom is -0.399 e. The molecule has 1 fully saturated rings. The molecule has 19 heavy (non-hydrogen) atoms. The number of nitrogens with zero attached hydrogens (tertiary/aromatic N) is 1. The van der Waals surface area contributed by atoms with E-state index in [9.17, 15) is 9.59 Å². The first-order valence-electron chi connectivity index (χ1n) is 6.42. The molecule has 1 aromatic rings. The second-order valence-corrected chi connectivity index (χ2v) is 5.13. The Hall–Kier alpha value is -2.17. The van der Waals surface area contributed by atoms with Crippen LogP contribution in [-0.2, 0) is 9.59 Å². The third-order valence-corrected chi connectivity index (χ3v) is 3.93. The third-order valence-electron chi connectivity index (χ3n) is 3.93. The third kappa shape index (κ3) is 1.82. The zero-order chi connectivity index (χ0) is 13.5. The number of anilines is 1. The molecule has 0 bridgehead atoms. The Morgan fingerprint density at radius 3 is 2.32 bits per heavy atom. The Bertz CT molecular complexity index is 569. The second-order valence-electron chi connectivity index (χ2n) is 5.13. The fourth-order valence-electron chi connectivity index (χ4n) is 2.76. The fraction of sp³-hybridized carbons (Fsp3) is 0.357. The van der Waals surface area contributed by atoms with E-state index in [0.717, 1.165) is 12.8 Å². The van der Waals surface area contributed by atoms with Crippen LogP contribution in [0.2, 0.25) is 0 Å². The molecule has 5 heteroatoms. The number of nitrogens with one attached hydrogen (secondary N) is 1. The molecule has 0 unspecified atom stereocenters. The lowest BCUT2D eigenvalue weighted by molar-refractivity contribution is -0.141. The van der Waals surface area contributed by atoms with Gasteiger partial charge >= 0.3 is 0 Å². The van der Waals surface area contributed by atoms with Crippen molar-refractivity contribution in [2.75, 3.05) is 5.73 Å². The lowest BCUT2D eigenvalue weighted by Gasteiger charge is -2.28. The number of benzene rings is 1. The molecule has 3 rings (SSSR count). The zero-order valence-corrected chi connectivity index (χ0v) is 10.5. The summed E-state index contributed by atoms with van der Waals surface area (Å²) in [7, 11) is 0. The molecule has 1 spiro atoms. The molecule has 1 aliphatic heterocycles. The van der Waals surface area contributed by atoms with Crippen molar-refractivity contribution in [2.24, 2.45) is 10.4 Å². The van der Waals surface area contributed by atoms with Crippen LogP contribution in [0.25, 0.3) is 0 Å². The predicted octanol–water partition coefficient (Wildman–Crippen LogP) is 1.23. The van der Waals surface area contributed by atoms with Crippen LogP contribution in [0.3, 0.4) is 0 Å². The number of hydrogen-bond donors (Lipinski definition) is 2. The van der Waals surface area contributed by atoms with Crippen LogP contribution >= 0.6 is 0 Å². The van der Waals surface area contributed by atoms with E-state index in [1.807, 2.05) is 0 Å². The minimum absolute atomic E-state index is 0.211. The number of rotatable bonds is 1. The molecule has 1 aliphatic carbocycles. The summed E-state index contributed by atoms with van der Waals surface area (Å²) in [5, 5.41) is 2.76. The highest BCUT2D eigenvalue weighted by atomic mass is 16.2. The highest BCUT2D eigenvalue weighted by molar-refractivity contribution is 6.23. The Morgan fingerprint density at radius 2 is 1.74 bits per heavy atom. The minimum atomic E-state index is -0.905. The number of amidine groups is 1. The van der Waals surface area contributed by atoms with Gasteiger partial charge < -0.3 is 11.1 Å². The molecule has 3 N–H and O–H groups in total. The van der Waals surface area contributed by atoms with Crippen LogP contribution in [0, 0.1) is 5.41 Å². The van der Waals surface area contributed by atoms with Crippen molar-refractivity contribution in [1.29, 1.82) is 0 Å². The van der Waals surface area contributed by atoms with Gasteiger partial charge in [0.25, 0.3) is 5.91 Å². The lowest BCUT2D eigenvalue weighted by Crippen LogP contribution is -2.51. The van der Waals surface area contributed by atoms with Gasteiger partial charge in [-0.05, 0) is 37.1 Å². The van der Waals surface area contributed by atoms with Gasteiger partial charge in [0.2, 0.25) is 5.91 Å². The van der Waals surface area contributed by atoms with Crippen LogP contribution in [0.1, 0.15) is 31.2 Å². The molecule has 1 saturated carbocycles. The molecule has 2 aliphatic rings. The van der Waals surface area contributed by atoms with Gasteiger partial charge in [0, 0.05) is 11.3 Å². The van der Waals surface area contributed by atoms with E-state index in [-0.39, 0.29) is 11.8 Å². The Morgan fingerprint density at radius 1 is 1.11 bits per heavy atom. The quantitative estimate of drug-likeness (QED) is 0.586. The molecule has 0 radical (unpaired) electrons. The molecule has 1 heterocycles. The summed E-state index contributed by atoms with van der Waals surface area (Å²) in [4.78, 5) is 28.5. The number of nitrogens with two attached hydrogens (primary N) is 1. The summed E-state index contributed by atoms with van der Waals surface area (Å²) in [6.07, 6.45) is 3.03. The van der Waals surface area contributed by atoms with E-state index in [2.05, 4.69) is 10.3 Å². The first-order valence-corrected chi connectivity index (χ1v) is 6.42. The molecular formula is C14H15N3O2. The van der Waals surface area contributed by atoms with Gasteiger partial charge in [0.15, 0.2) is 0 Å². The number of aliphatic imine (C=N–C) groups is 1. The van der Waals surface area contributed by atoms with E-state index < -0.39 is 5.41 Å². The summed E-state index contributed by atoms with van der Waals surface area (Å²) in [5.74, 6) is -0.190. The second kappa shape index (κ2) is 4.19. The van der Waals surface area contributed by atoms with Crippen LogP contribution in [0.5, 0.6) is 0 Å². The normalized spacial score (nSPS) is 21.4. The highest BCUT2D eigenvalue weighted by Gasteiger charge is 2.50. The maximum absolute atomic E-state index is 12.2. The molecule has 98 valence electrons. The first kappa shape index (κ1) is 11.9. The number of carbonyl (C=O) groups is 2. The van der Waals surface area contributed by atoms with Crippen molar-refractivity contribution >= 4 is 23.3 Å². The monoisotopic (exact) mass is 257 g/mol. The van der Waals surface area contributed by atoms with Crippen LogP contribution in [0.15, 0.2) is 29.3 Å². The molecule has 0 atom stereocenters. The van der Waals surface area contributed by atoms with Gasteiger partial charge in [-0.15, -0.1) is 0 Å². The van der Waals surface area contributed by atoms with Crippen molar-refractivity contribution in [3.05, 3.63) is 29.8 Å². The maximum atomic E-state index is 12.2. The van der Waals surface area contributed by atoms with E-state index in [1.54, 1.807) is 24.3 Å². The molecule has 5 nitrogen and oxygen atoms in total. The van der Waals surface area contributed by atoms with Gasteiger partial charge in [0.05, 0.1) is 0 Å².